The van der Waals surface area contributed by atoms with Gasteiger partial charge in [-0.05, 0) is 25.5 Å². The van der Waals surface area contributed by atoms with E-state index in [-0.39, 0.29) is 17.2 Å². The van der Waals surface area contributed by atoms with Gasteiger partial charge in [0.2, 0.25) is 5.91 Å². The van der Waals surface area contributed by atoms with Crippen molar-refractivity contribution < 1.29 is 9.59 Å². The third-order valence-electron chi connectivity index (χ3n) is 3.48. The first-order valence-corrected chi connectivity index (χ1v) is 10.5. The predicted molar refractivity (Wildman–Crippen MR) is 95.2 cm³/mol. The normalized spacial score (nSPS) is 16.8. The van der Waals surface area contributed by atoms with Crippen molar-refractivity contribution in [2.45, 2.75) is 65.9 Å². The van der Waals surface area contributed by atoms with Crippen LogP contribution in [0.15, 0.2) is 8.68 Å². The van der Waals surface area contributed by atoms with Gasteiger partial charge in [-0.15, -0.1) is 10.2 Å². The molecule has 6 nitrogen and oxygen atoms in total. The van der Waals surface area contributed by atoms with E-state index in [2.05, 4.69) is 27.8 Å². The van der Waals surface area contributed by atoms with E-state index in [1.54, 1.807) is 18.7 Å². The quantitative estimate of drug-likeness (QED) is 0.743. The van der Waals surface area contributed by atoms with Crippen LogP contribution in [0.4, 0.5) is 4.79 Å². The van der Waals surface area contributed by atoms with Crippen molar-refractivity contribution in [2.24, 2.45) is 0 Å². The van der Waals surface area contributed by atoms with Crippen molar-refractivity contribution >= 4 is 46.8 Å². The molecular formula is C14H22N4O2S3. The lowest BCUT2D eigenvalue weighted by atomic mass is 9.96. The number of amides is 3. The fourth-order valence-electron chi connectivity index (χ4n) is 2.31. The molecule has 2 rings (SSSR count). The maximum absolute atomic E-state index is 12.1. The number of carbonyl (C=O) groups excluding carboxylic acids is 2. The molecule has 1 aliphatic rings. The molecule has 0 unspecified atom stereocenters. The third kappa shape index (κ3) is 6.31. The molecule has 9 heteroatoms. The number of urea groups is 1. The van der Waals surface area contributed by atoms with Crippen molar-refractivity contribution in [1.82, 2.24) is 20.8 Å². The van der Waals surface area contributed by atoms with Gasteiger partial charge in [0.15, 0.2) is 8.68 Å². The van der Waals surface area contributed by atoms with Gasteiger partial charge in [0.1, 0.15) is 0 Å². The summed E-state index contributed by atoms with van der Waals surface area (Å²) in [5, 5.41) is 13.0. The number of hydrogen-bond acceptors (Lipinski definition) is 7. The van der Waals surface area contributed by atoms with Crippen molar-refractivity contribution in [3.05, 3.63) is 0 Å². The Bertz CT molecular complexity index is 532. The Morgan fingerprint density at radius 1 is 1.26 bits per heavy atom. The Morgan fingerprint density at radius 2 is 1.96 bits per heavy atom. The van der Waals surface area contributed by atoms with Crippen molar-refractivity contribution in [3.63, 3.8) is 0 Å². The summed E-state index contributed by atoms with van der Waals surface area (Å²) in [4.78, 5) is 24.0. The molecule has 0 aromatic carbocycles. The SMILES string of the molecule is CCSc1nnc(S[C@@H](C)C(=O)NC(=O)NC2CCCCC2)s1. The van der Waals surface area contributed by atoms with Crippen LogP contribution in [-0.2, 0) is 4.79 Å². The topological polar surface area (TPSA) is 84.0 Å². The average molecular weight is 375 g/mol. The van der Waals surface area contributed by atoms with Gasteiger partial charge in [0, 0.05) is 6.04 Å². The summed E-state index contributed by atoms with van der Waals surface area (Å²) in [5.74, 6) is 0.639. The van der Waals surface area contributed by atoms with Crippen LogP contribution in [0.3, 0.4) is 0 Å². The molecule has 0 bridgehead atoms. The van der Waals surface area contributed by atoms with Crippen molar-refractivity contribution in [1.29, 1.82) is 0 Å². The zero-order chi connectivity index (χ0) is 16.7. The summed E-state index contributed by atoms with van der Waals surface area (Å²) in [7, 11) is 0. The summed E-state index contributed by atoms with van der Waals surface area (Å²) in [5.41, 5.74) is 0. The zero-order valence-electron chi connectivity index (χ0n) is 13.3. The highest BCUT2D eigenvalue weighted by Crippen LogP contribution is 2.31. The highest BCUT2D eigenvalue weighted by Gasteiger charge is 2.21. The summed E-state index contributed by atoms with van der Waals surface area (Å²) < 4.78 is 1.65. The van der Waals surface area contributed by atoms with Gasteiger partial charge in [-0.25, -0.2) is 4.79 Å². The average Bonchev–Trinajstić information content (AvgIpc) is 2.95. The van der Waals surface area contributed by atoms with E-state index < -0.39 is 6.03 Å². The molecule has 0 saturated heterocycles. The van der Waals surface area contributed by atoms with E-state index in [1.807, 2.05) is 0 Å². The van der Waals surface area contributed by atoms with Crippen LogP contribution in [0, 0.1) is 0 Å². The van der Waals surface area contributed by atoms with E-state index in [0.717, 1.165) is 40.1 Å². The minimum Gasteiger partial charge on any atom is -0.335 e. The molecule has 1 fully saturated rings. The molecule has 1 atom stereocenters. The number of rotatable bonds is 6. The Hall–Kier alpha value is -0.800. The number of nitrogens with one attached hydrogen (secondary N) is 2. The first-order valence-electron chi connectivity index (χ1n) is 7.82. The second-order valence-corrected chi connectivity index (χ2v) is 9.40. The van der Waals surface area contributed by atoms with Crippen LogP contribution in [-0.4, -0.2) is 39.2 Å². The smallest absolute Gasteiger partial charge is 0.321 e. The lowest BCUT2D eigenvalue weighted by Gasteiger charge is -2.22. The maximum atomic E-state index is 12.1. The van der Waals surface area contributed by atoms with Crippen molar-refractivity contribution in [2.75, 3.05) is 5.75 Å². The third-order valence-corrected chi connectivity index (χ3v) is 6.60. The number of hydrogen-bond donors (Lipinski definition) is 2. The molecule has 1 aliphatic carbocycles. The van der Waals surface area contributed by atoms with E-state index in [4.69, 9.17) is 0 Å². The van der Waals surface area contributed by atoms with Crippen LogP contribution in [0.2, 0.25) is 0 Å². The first-order chi connectivity index (χ1) is 11.1. The Labute approximate surface area is 149 Å². The maximum Gasteiger partial charge on any atom is 0.321 e. The molecule has 0 aliphatic heterocycles. The molecule has 3 amide bonds. The van der Waals surface area contributed by atoms with Gasteiger partial charge in [0.25, 0.3) is 0 Å². The zero-order valence-corrected chi connectivity index (χ0v) is 15.8. The fraction of sp³-hybridized carbons (Fsp3) is 0.714. The van der Waals surface area contributed by atoms with E-state index in [1.165, 1.54) is 29.5 Å². The second-order valence-electron chi connectivity index (χ2n) is 5.32. The standard InChI is InChI=1S/C14H22N4O2S3/c1-3-21-13-17-18-14(23-13)22-9(2)11(19)16-12(20)15-10-7-5-4-6-8-10/h9-10H,3-8H2,1-2H3,(H2,15,16,19,20)/t9-/m0/s1. The Kier molecular flexibility index (Phi) is 7.64. The molecule has 1 aromatic rings. The summed E-state index contributed by atoms with van der Waals surface area (Å²) >= 11 is 4.43. The molecule has 0 radical (unpaired) electrons. The molecule has 1 aromatic heterocycles. The van der Waals surface area contributed by atoms with E-state index >= 15 is 0 Å². The summed E-state index contributed by atoms with van der Waals surface area (Å²) in [6.07, 6.45) is 5.50. The largest absolute Gasteiger partial charge is 0.335 e. The van der Waals surface area contributed by atoms with Crippen molar-refractivity contribution in [3.8, 4) is 0 Å². The van der Waals surface area contributed by atoms with E-state index in [0.29, 0.717) is 0 Å². The molecule has 1 heterocycles. The minimum absolute atomic E-state index is 0.191. The van der Waals surface area contributed by atoms with E-state index in [9.17, 15) is 9.59 Å². The Balaban J connectivity index is 1.75. The van der Waals surface area contributed by atoms with Crippen LogP contribution >= 0.6 is 34.9 Å². The van der Waals surface area contributed by atoms with Gasteiger partial charge in [-0.1, -0.05) is 61.0 Å². The summed E-state index contributed by atoms with van der Waals surface area (Å²) in [6, 6.07) is -0.204. The van der Waals surface area contributed by atoms with Crippen LogP contribution < -0.4 is 10.6 Å². The highest BCUT2D eigenvalue weighted by atomic mass is 32.2. The molecule has 1 saturated carbocycles. The summed E-state index contributed by atoms with van der Waals surface area (Å²) in [6.45, 7) is 3.82. The molecule has 2 N–H and O–H groups in total. The van der Waals surface area contributed by atoms with Gasteiger partial charge in [0.05, 0.1) is 5.25 Å². The Morgan fingerprint density at radius 3 is 2.65 bits per heavy atom. The highest BCUT2D eigenvalue weighted by molar-refractivity contribution is 8.03. The molecule has 0 spiro atoms. The minimum atomic E-state index is -0.395. The van der Waals surface area contributed by atoms with Crippen LogP contribution in [0.5, 0.6) is 0 Å². The van der Waals surface area contributed by atoms with Crippen LogP contribution in [0.25, 0.3) is 0 Å². The van der Waals surface area contributed by atoms with Gasteiger partial charge in [-0.2, -0.15) is 0 Å². The van der Waals surface area contributed by atoms with Gasteiger partial charge in [-0.3, -0.25) is 10.1 Å². The first kappa shape index (κ1) is 18.5. The molecule has 128 valence electrons. The number of thioether (sulfide) groups is 2. The fourth-order valence-corrected chi connectivity index (χ4v) is 5.37. The number of aromatic nitrogens is 2. The monoisotopic (exact) mass is 374 g/mol. The second kappa shape index (κ2) is 9.48. The van der Waals surface area contributed by atoms with Crippen LogP contribution in [0.1, 0.15) is 46.0 Å². The van der Waals surface area contributed by atoms with Gasteiger partial charge < -0.3 is 5.32 Å². The number of carbonyl (C=O) groups is 2. The molecule has 23 heavy (non-hydrogen) atoms. The number of imide groups is 1. The number of nitrogens with zero attached hydrogens (tertiary/aromatic N) is 2. The lowest BCUT2D eigenvalue weighted by Crippen LogP contribution is -2.47. The predicted octanol–water partition coefficient (Wildman–Crippen LogP) is 3.29. The molecular weight excluding hydrogens is 352 g/mol. The van der Waals surface area contributed by atoms with Gasteiger partial charge >= 0.3 is 6.03 Å². The lowest BCUT2D eigenvalue weighted by molar-refractivity contribution is -0.119.